The van der Waals surface area contributed by atoms with Crippen LogP contribution in [0.3, 0.4) is 0 Å². The molecule has 0 saturated heterocycles. The molecule has 0 radical (unpaired) electrons. The third-order valence-electron chi connectivity index (χ3n) is 3.46. The summed E-state index contributed by atoms with van der Waals surface area (Å²) in [6, 6.07) is 13.3. The molecule has 1 amide bonds. The summed E-state index contributed by atoms with van der Waals surface area (Å²) in [5.74, 6) is 0.515. The largest absolute Gasteiger partial charge is 0.496 e. The van der Waals surface area contributed by atoms with Crippen molar-refractivity contribution in [2.24, 2.45) is 5.10 Å². The number of nitrogens with zero attached hydrogens (tertiary/aromatic N) is 1. The van der Waals surface area contributed by atoms with Gasteiger partial charge in [-0.2, -0.15) is 5.10 Å². The van der Waals surface area contributed by atoms with E-state index in [2.05, 4.69) is 10.5 Å². The fourth-order valence-electron chi connectivity index (χ4n) is 2.19. The highest BCUT2D eigenvalue weighted by atomic mass is 16.5. The average Bonchev–Trinajstić information content (AvgIpc) is 2.52. The zero-order valence-electron chi connectivity index (χ0n) is 13.3. The SMILES string of the molecule is COc1ccc(C)cc1/C(C)=N\NC(=O)c1ccccc1C. The lowest BCUT2D eigenvalue weighted by Gasteiger charge is -2.10. The fraction of sp³-hybridized carbons (Fsp3) is 0.222. The maximum Gasteiger partial charge on any atom is 0.271 e. The molecule has 4 heteroatoms. The zero-order chi connectivity index (χ0) is 16.1. The summed E-state index contributed by atoms with van der Waals surface area (Å²) in [7, 11) is 1.62. The maximum absolute atomic E-state index is 12.2. The number of aryl methyl sites for hydroxylation is 2. The number of hydrogen-bond donors (Lipinski definition) is 1. The van der Waals surface area contributed by atoms with Crippen LogP contribution in [0, 0.1) is 13.8 Å². The molecule has 0 unspecified atom stereocenters. The summed E-state index contributed by atoms with van der Waals surface area (Å²) in [5.41, 5.74) is 6.81. The van der Waals surface area contributed by atoms with Crippen LogP contribution in [0.5, 0.6) is 5.75 Å². The van der Waals surface area contributed by atoms with Crippen LogP contribution in [-0.4, -0.2) is 18.7 Å². The van der Waals surface area contributed by atoms with Crippen LogP contribution < -0.4 is 10.2 Å². The Morgan fingerprint density at radius 3 is 2.50 bits per heavy atom. The van der Waals surface area contributed by atoms with Gasteiger partial charge in [0.25, 0.3) is 5.91 Å². The third-order valence-corrected chi connectivity index (χ3v) is 3.46. The molecular weight excluding hydrogens is 276 g/mol. The van der Waals surface area contributed by atoms with Crippen molar-refractivity contribution in [3.05, 3.63) is 64.7 Å². The molecule has 0 fully saturated rings. The molecule has 1 N–H and O–H groups in total. The molecule has 0 aliphatic heterocycles. The van der Waals surface area contributed by atoms with Crippen molar-refractivity contribution in [2.75, 3.05) is 7.11 Å². The van der Waals surface area contributed by atoms with Crippen molar-refractivity contribution in [3.63, 3.8) is 0 Å². The topological polar surface area (TPSA) is 50.7 Å². The summed E-state index contributed by atoms with van der Waals surface area (Å²) < 4.78 is 5.34. The third kappa shape index (κ3) is 3.52. The summed E-state index contributed by atoms with van der Waals surface area (Å²) >= 11 is 0. The van der Waals surface area contributed by atoms with E-state index in [1.165, 1.54) is 0 Å². The van der Waals surface area contributed by atoms with Crippen LogP contribution in [0.2, 0.25) is 0 Å². The predicted octanol–water partition coefficient (Wildman–Crippen LogP) is 3.47. The molecule has 0 spiro atoms. The highest BCUT2D eigenvalue weighted by molar-refractivity contribution is 6.03. The molecule has 2 aromatic rings. The van der Waals surface area contributed by atoms with Crippen molar-refractivity contribution >= 4 is 11.6 Å². The molecule has 22 heavy (non-hydrogen) atoms. The number of hydrogen-bond acceptors (Lipinski definition) is 3. The molecule has 0 aliphatic carbocycles. The lowest BCUT2D eigenvalue weighted by atomic mass is 10.1. The van der Waals surface area contributed by atoms with Crippen LogP contribution >= 0.6 is 0 Å². The van der Waals surface area contributed by atoms with Crippen LogP contribution in [0.1, 0.15) is 34.0 Å². The molecular formula is C18H20N2O2. The Bertz CT molecular complexity index is 721. The maximum atomic E-state index is 12.2. The predicted molar refractivity (Wildman–Crippen MR) is 88.6 cm³/mol. The smallest absolute Gasteiger partial charge is 0.271 e. The number of carbonyl (C=O) groups is 1. The van der Waals surface area contributed by atoms with Crippen LogP contribution in [0.25, 0.3) is 0 Å². The summed E-state index contributed by atoms with van der Waals surface area (Å²) in [6.07, 6.45) is 0. The molecule has 4 nitrogen and oxygen atoms in total. The van der Waals surface area contributed by atoms with Gasteiger partial charge in [0.05, 0.1) is 12.8 Å². The Labute approximate surface area is 130 Å². The van der Waals surface area contributed by atoms with Gasteiger partial charge in [-0.25, -0.2) is 5.43 Å². The second kappa shape index (κ2) is 6.89. The Hall–Kier alpha value is -2.62. The van der Waals surface area contributed by atoms with Gasteiger partial charge >= 0.3 is 0 Å². The minimum Gasteiger partial charge on any atom is -0.496 e. The minimum atomic E-state index is -0.218. The average molecular weight is 296 g/mol. The molecule has 0 heterocycles. The normalized spacial score (nSPS) is 11.2. The Balaban J connectivity index is 2.22. The molecule has 0 aromatic heterocycles. The number of nitrogens with one attached hydrogen (secondary N) is 1. The Morgan fingerprint density at radius 2 is 1.82 bits per heavy atom. The number of rotatable bonds is 4. The molecule has 0 atom stereocenters. The van der Waals surface area contributed by atoms with Crippen molar-refractivity contribution in [2.45, 2.75) is 20.8 Å². The van der Waals surface area contributed by atoms with E-state index in [1.54, 1.807) is 13.2 Å². The second-order valence-electron chi connectivity index (χ2n) is 5.16. The van der Waals surface area contributed by atoms with E-state index in [-0.39, 0.29) is 5.91 Å². The molecule has 2 aromatic carbocycles. The van der Waals surface area contributed by atoms with Gasteiger partial charge in [0, 0.05) is 11.1 Å². The summed E-state index contributed by atoms with van der Waals surface area (Å²) in [5, 5.41) is 4.20. The highest BCUT2D eigenvalue weighted by Gasteiger charge is 2.09. The van der Waals surface area contributed by atoms with Gasteiger partial charge in [0.15, 0.2) is 0 Å². The van der Waals surface area contributed by atoms with Crippen molar-refractivity contribution in [3.8, 4) is 5.75 Å². The van der Waals surface area contributed by atoms with Crippen LogP contribution in [0.4, 0.5) is 0 Å². The van der Waals surface area contributed by atoms with E-state index in [1.807, 2.05) is 57.2 Å². The van der Waals surface area contributed by atoms with Gasteiger partial charge in [-0.3, -0.25) is 4.79 Å². The van der Waals surface area contributed by atoms with E-state index in [9.17, 15) is 4.79 Å². The first-order valence-corrected chi connectivity index (χ1v) is 7.08. The number of benzene rings is 2. The van der Waals surface area contributed by atoms with Crippen molar-refractivity contribution in [1.82, 2.24) is 5.43 Å². The van der Waals surface area contributed by atoms with Gasteiger partial charge in [0.1, 0.15) is 5.75 Å². The lowest BCUT2D eigenvalue weighted by Crippen LogP contribution is -2.20. The van der Waals surface area contributed by atoms with Crippen LogP contribution in [0.15, 0.2) is 47.6 Å². The van der Waals surface area contributed by atoms with Gasteiger partial charge in [0.2, 0.25) is 0 Å². The fourth-order valence-corrected chi connectivity index (χ4v) is 2.19. The van der Waals surface area contributed by atoms with Gasteiger partial charge in [-0.1, -0.05) is 29.8 Å². The number of methoxy groups -OCH3 is 1. The van der Waals surface area contributed by atoms with E-state index >= 15 is 0 Å². The first-order valence-electron chi connectivity index (χ1n) is 7.08. The first-order chi connectivity index (χ1) is 10.5. The van der Waals surface area contributed by atoms with Gasteiger partial charge in [-0.05, 0) is 44.5 Å². The number of ether oxygens (including phenoxy) is 1. The number of carbonyl (C=O) groups excluding carboxylic acids is 1. The first kappa shape index (κ1) is 15.8. The van der Waals surface area contributed by atoms with E-state index in [0.717, 1.165) is 22.4 Å². The Morgan fingerprint density at radius 1 is 1.09 bits per heavy atom. The Kier molecular flexibility index (Phi) is 4.94. The number of hydrazone groups is 1. The highest BCUT2D eigenvalue weighted by Crippen LogP contribution is 2.20. The summed E-state index contributed by atoms with van der Waals surface area (Å²) in [4.78, 5) is 12.2. The quantitative estimate of drug-likeness (QED) is 0.694. The molecule has 114 valence electrons. The molecule has 2 rings (SSSR count). The zero-order valence-corrected chi connectivity index (χ0v) is 13.3. The molecule has 0 bridgehead atoms. The number of amides is 1. The monoisotopic (exact) mass is 296 g/mol. The minimum absolute atomic E-state index is 0.218. The van der Waals surface area contributed by atoms with E-state index in [4.69, 9.17) is 4.74 Å². The van der Waals surface area contributed by atoms with Crippen LogP contribution in [-0.2, 0) is 0 Å². The van der Waals surface area contributed by atoms with Gasteiger partial charge in [-0.15, -0.1) is 0 Å². The lowest BCUT2D eigenvalue weighted by molar-refractivity contribution is 0.0954. The van der Waals surface area contributed by atoms with Crippen molar-refractivity contribution in [1.29, 1.82) is 0 Å². The van der Waals surface area contributed by atoms with Crippen molar-refractivity contribution < 1.29 is 9.53 Å². The molecule has 0 aliphatic rings. The standard InChI is InChI=1S/C18H20N2O2/c1-12-9-10-17(22-4)16(11-12)14(3)19-20-18(21)15-8-6-5-7-13(15)2/h5-11H,1-4H3,(H,20,21)/b19-14-. The summed E-state index contributed by atoms with van der Waals surface area (Å²) in [6.45, 7) is 5.74. The van der Waals surface area contributed by atoms with E-state index < -0.39 is 0 Å². The van der Waals surface area contributed by atoms with Gasteiger partial charge < -0.3 is 4.74 Å². The second-order valence-corrected chi connectivity index (χ2v) is 5.16. The van der Waals surface area contributed by atoms with E-state index in [0.29, 0.717) is 11.3 Å². The molecule has 0 saturated carbocycles.